The molecule has 1 aliphatic rings. The summed E-state index contributed by atoms with van der Waals surface area (Å²) in [5.74, 6) is 0.729. The lowest BCUT2D eigenvalue weighted by atomic mass is 9.85. The van der Waals surface area contributed by atoms with Crippen LogP contribution in [0.1, 0.15) is 24.8 Å². The molecule has 1 aromatic carbocycles. The molecule has 3 N–H and O–H groups in total. The van der Waals surface area contributed by atoms with Crippen LogP contribution in [0.15, 0.2) is 23.1 Å². The second-order valence-electron chi connectivity index (χ2n) is 4.70. The van der Waals surface area contributed by atoms with E-state index in [1.807, 2.05) is 6.92 Å². The summed E-state index contributed by atoms with van der Waals surface area (Å²) in [4.78, 5) is 0.166. The van der Waals surface area contributed by atoms with Crippen LogP contribution in [-0.2, 0) is 10.0 Å². The average molecular weight is 254 g/mol. The molecule has 0 aromatic heterocycles. The van der Waals surface area contributed by atoms with Crippen LogP contribution < -0.4 is 10.5 Å². The van der Waals surface area contributed by atoms with Crippen molar-refractivity contribution in [1.82, 2.24) is 0 Å². The van der Waals surface area contributed by atoms with Crippen molar-refractivity contribution in [1.29, 1.82) is 0 Å². The summed E-state index contributed by atoms with van der Waals surface area (Å²) >= 11 is 0. The number of aryl methyl sites for hydroxylation is 1. The standard InChI is InChI=1S/C12H18N2O2S/c1-9-5-6-11(17(13,15)16)7-12(9)14-8-10-3-2-4-10/h5-7,10,14H,2-4,8H2,1H3,(H2,13,15,16). The van der Waals surface area contributed by atoms with E-state index in [1.165, 1.54) is 19.3 Å². The van der Waals surface area contributed by atoms with E-state index in [0.29, 0.717) is 0 Å². The Morgan fingerprint density at radius 1 is 1.41 bits per heavy atom. The molecule has 0 radical (unpaired) electrons. The molecule has 1 fully saturated rings. The van der Waals surface area contributed by atoms with Gasteiger partial charge in [0.25, 0.3) is 0 Å². The van der Waals surface area contributed by atoms with Crippen LogP contribution in [0.25, 0.3) is 0 Å². The smallest absolute Gasteiger partial charge is 0.238 e. The lowest BCUT2D eigenvalue weighted by Crippen LogP contribution is -2.21. The molecule has 0 bridgehead atoms. The highest BCUT2D eigenvalue weighted by atomic mass is 32.2. The summed E-state index contributed by atoms with van der Waals surface area (Å²) in [5, 5.41) is 8.42. The minimum Gasteiger partial charge on any atom is -0.385 e. The van der Waals surface area contributed by atoms with Gasteiger partial charge in [0, 0.05) is 12.2 Å². The Morgan fingerprint density at radius 2 is 2.12 bits per heavy atom. The Morgan fingerprint density at radius 3 is 2.65 bits per heavy atom. The molecular formula is C12H18N2O2S. The molecule has 94 valence electrons. The summed E-state index contributed by atoms with van der Waals surface area (Å²) in [6.45, 7) is 2.87. The molecular weight excluding hydrogens is 236 g/mol. The first-order valence-corrected chi connectivity index (χ1v) is 7.39. The highest BCUT2D eigenvalue weighted by Crippen LogP contribution is 2.27. The average Bonchev–Trinajstić information content (AvgIpc) is 2.16. The van der Waals surface area contributed by atoms with Crippen LogP contribution in [0.2, 0.25) is 0 Å². The molecule has 0 saturated heterocycles. The van der Waals surface area contributed by atoms with E-state index in [1.54, 1.807) is 18.2 Å². The maximum atomic E-state index is 11.3. The van der Waals surface area contributed by atoms with Crippen LogP contribution in [0.5, 0.6) is 0 Å². The van der Waals surface area contributed by atoms with Crippen molar-refractivity contribution in [2.24, 2.45) is 11.1 Å². The molecule has 1 aliphatic carbocycles. The molecule has 0 heterocycles. The van der Waals surface area contributed by atoms with E-state index in [-0.39, 0.29) is 4.90 Å². The van der Waals surface area contributed by atoms with Crippen molar-refractivity contribution < 1.29 is 8.42 Å². The first kappa shape index (κ1) is 12.4. The summed E-state index contributed by atoms with van der Waals surface area (Å²) < 4.78 is 22.5. The van der Waals surface area contributed by atoms with E-state index in [2.05, 4.69) is 5.32 Å². The Labute approximate surface area is 102 Å². The molecule has 17 heavy (non-hydrogen) atoms. The Hall–Kier alpha value is -1.07. The zero-order valence-corrected chi connectivity index (χ0v) is 10.8. The van der Waals surface area contributed by atoms with E-state index in [0.717, 1.165) is 23.7 Å². The lowest BCUT2D eigenvalue weighted by Gasteiger charge is -2.26. The fourth-order valence-electron chi connectivity index (χ4n) is 1.92. The maximum Gasteiger partial charge on any atom is 0.238 e. The second kappa shape index (κ2) is 4.66. The molecule has 4 nitrogen and oxygen atoms in total. The molecule has 5 heteroatoms. The SMILES string of the molecule is Cc1ccc(S(N)(=O)=O)cc1NCC1CCC1. The van der Waals surface area contributed by atoms with Gasteiger partial charge >= 0.3 is 0 Å². The molecule has 0 spiro atoms. The van der Waals surface area contributed by atoms with Crippen molar-refractivity contribution in [2.75, 3.05) is 11.9 Å². The van der Waals surface area contributed by atoms with Crippen LogP contribution in [0.4, 0.5) is 5.69 Å². The molecule has 2 rings (SSSR count). The normalized spacial score (nSPS) is 16.6. The van der Waals surface area contributed by atoms with Crippen molar-refractivity contribution >= 4 is 15.7 Å². The predicted octanol–water partition coefficient (Wildman–Crippen LogP) is 1.85. The number of nitrogens with one attached hydrogen (secondary N) is 1. The van der Waals surface area contributed by atoms with Crippen LogP contribution in [0.3, 0.4) is 0 Å². The van der Waals surface area contributed by atoms with Crippen molar-refractivity contribution in [3.05, 3.63) is 23.8 Å². The highest BCUT2D eigenvalue weighted by Gasteiger charge is 2.17. The van der Waals surface area contributed by atoms with Gasteiger partial charge < -0.3 is 5.32 Å². The largest absolute Gasteiger partial charge is 0.385 e. The van der Waals surface area contributed by atoms with Crippen LogP contribution in [0, 0.1) is 12.8 Å². The Bertz CT molecular complexity index is 507. The van der Waals surface area contributed by atoms with Gasteiger partial charge in [0.2, 0.25) is 10.0 Å². The summed E-state index contributed by atoms with van der Waals surface area (Å²) in [7, 11) is -3.61. The van der Waals surface area contributed by atoms with Crippen LogP contribution in [-0.4, -0.2) is 15.0 Å². The van der Waals surface area contributed by atoms with Crippen molar-refractivity contribution in [2.45, 2.75) is 31.1 Å². The van der Waals surface area contributed by atoms with Gasteiger partial charge in [0.1, 0.15) is 0 Å². The number of hydrogen-bond donors (Lipinski definition) is 2. The number of primary sulfonamides is 1. The first-order chi connectivity index (χ1) is 7.97. The zero-order chi connectivity index (χ0) is 12.5. The Kier molecular flexibility index (Phi) is 3.40. The maximum absolute atomic E-state index is 11.3. The second-order valence-corrected chi connectivity index (χ2v) is 6.26. The van der Waals surface area contributed by atoms with Crippen molar-refractivity contribution in [3.8, 4) is 0 Å². The number of sulfonamides is 1. The van der Waals surface area contributed by atoms with Gasteiger partial charge in [0.05, 0.1) is 4.90 Å². The third-order valence-electron chi connectivity index (χ3n) is 3.34. The molecule has 0 amide bonds. The van der Waals surface area contributed by atoms with Gasteiger partial charge in [0.15, 0.2) is 0 Å². The quantitative estimate of drug-likeness (QED) is 0.861. The van der Waals surface area contributed by atoms with E-state index < -0.39 is 10.0 Å². The van der Waals surface area contributed by atoms with E-state index in [9.17, 15) is 8.42 Å². The van der Waals surface area contributed by atoms with Gasteiger partial charge in [-0.15, -0.1) is 0 Å². The van der Waals surface area contributed by atoms with E-state index in [4.69, 9.17) is 5.14 Å². The zero-order valence-electron chi connectivity index (χ0n) is 9.94. The Balaban J connectivity index is 2.14. The molecule has 1 saturated carbocycles. The van der Waals surface area contributed by atoms with Crippen molar-refractivity contribution in [3.63, 3.8) is 0 Å². The molecule has 0 atom stereocenters. The summed E-state index contributed by atoms with van der Waals surface area (Å²) in [6, 6.07) is 4.94. The summed E-state index contributed by atoms with van der Waals surface area (Å²) in [5.41, 5.74) is 1.90. The third-order valence-corrected chi connectivity index (χ3v) is 4.25. The monoisotopic (exact) mass is 254 g/mol. The minimum atomic E-state index is -3.61. The van der Waals surface area contributed by atoms with Gasteiger partial charge in [-0.05, 0) is 43.4 Å². The fourth-order valence-corrected chi connectivity index (χ4v) is 2.46. The molecule has 0 aliphatic heterocycles. The number of nitrogens with two attached hydrogens (primary N) is 1. The predicted molar refractivity (Wildman–Crippen MR) is 68.4 cm³/mol. The van der Waals surface area contributed by atoms with Gasteiger partial charge in [-0.25, -0.2) is 13.6 Å². The number of hydrogen-bond acceptors (Lipinski definition) is 3. The number of benzene rings is 1. The number of rotatable bonds is 4. The fraction of sp³-hybridized carbons (Fsp3) is 0.500. The first-order valence-electron chi connectivity index (χ1n) is 5.84. The highest BCUT2D eigenvalue weighted by molar-refractivity contribution is 7.89. The van der Waals surface area contributed by atoms with Gasteiger partial charge in [-0.2, -0.15) is 0 Å². The molecule has 1 aromatic rings. The van der Waals surface area contributed by atoms with E-state index >= 15 is 0 Å². The van der Waals surface area contributed by atoms with Gasteiger partial charge in [-0.1, -0.05) is 12.5 Å². The number of anilines is 1. The van der Waals surface area contributed by atoms with Gasteiger partial charge in [-0.3, -0.25) is 0 Å². The summed E-state index contributed by atoms with van der Waals surface area (Å²) in [6.07, 6.45) is 3.84. The minimum absolute atomic E-state index is 0.166. The van der Waals surface area contributed by atoms with Crippen LogP contribution >= 0.6 is 0 Å². The molecule has 0 unspecified atom stereocenters. The lowest BCUT2D eigenvalue weighted by molar-refractivity contribution is 0.333. The topological polar surface area (TPSA) is 72.2 Å². The third kappa shape index (κ3) is 2.98.